The fourth-order valence-corrected chi connectivity index (χ4v) is 4.08. The van der Waals surface area contributed by atoms with Crippen LogP contribution in [0.15, 0.2) is 4.42 Å². The van der Waals surface area contributed by atoms with E-state index in [2.05, 4.69) is 4.98 Å². The SMILES string of the molecule is Cc1nc(C2CC2)oc1C(=O)N1C[C@@H]2CCC[C@@H]2[C@@H]1C(=O)O. The standard InChI is InChI=1S/C16H20N2O4/c1-8-13(22-14(17-8)9-5-6-9)15(19)18-7-10-3-2-4-11(10)12(18)16(20)21/h9-12H,2-7H2,1H3,(H,20,21)/t10-,11-,12+/m0/s1. The maximum absolute atomic E-state index is 12.8. The fourth-order valence-electron chi connectivity index (χ4n) is 4.08. The summed E-state index contributed by atoms with van der Waals surface area (Å²) in [5, 5.41) is 9.56. The van der Waals surface area contributed by atoms with Crippen LogP contribution >= 0.6 is 0 Å². The molecule has 3 fully saturated rings. The number of hydrogen-bond donors (Lipinski definition) is 1. The summed E-state index contributed by atoms with van der Waals surface area (Å²) in [5.74, 6) is 0.401. The Balaban J connectivity index is 1.62. The number of amides is 1. The van der Waals surface area contributed by atoms with Crippen molar-refractivity contribution >= 4 is 11.9 Å². The molecule has 6 heteroatoms. The van der Waals surface area contributed by atoms with Crippen LogP contribution in [-0.4, -0.2) is 39.5 Å². The summed E-state index contributed by atoms with van der Waals surface area (Å²) in [5.41, 5.74) is 0.577. The highest BCUT2D eigenvalue weighted by molar-refractivity contribution is 5.95. The van der Waals surface area contributed by atoms with Gasteiger partial charge in [0.1, 0.15) is 6.04 Å². The number of rotatable bonds is 3. The molecule has 118 valence electrons. The Kier molecular flexibility index (Phi) is 3.03. The zero-order chi connectivity index (χ0) is 15.4. The van der Waals surface area contributed by atoms with Crippen LogP contribution in [0, 0.1) is 18.8 Å². The lowest BCUT2D eigenvalue weighted by Crippen LogP contribution is -2.43. The molecule has 0 bridgehead atoms. The first-order valence-corrected chi connectivity index (χ1v) is 8.07. The molecule has 2 heterocycles. The Morgan fingerprint density at radius 3 is 2.73 bits per heavy atom. The first-order valence-electron chi connectivity index (χ1n) is 8.07. The van der Waals surface area contributed by atoms with Crippen molar-refractivity contribution < 1.29 is 19.1 Å². The van der Waals surface area contributed by atoms with E-state index in [4.69, 9.17) is 4.42 Å². The third-order valence-corrected chi connectivity index (χ3v) is 5.34. The van der Waals surface area contributed by atoms with Crippen molar-refractivity contribution in [2.75, 3.05) is 6.54 Å². The van der Waals surface area contributed by atoms with Gasteiger partial charge in [0.25, 0.3) is 5.91 Å². The van der Waals surface area contributed by atoms with Crippen LogP contribution in [0.3, 0.4) is 0 Å². The molecule has 3 atom stereocenters. The van der Waals surface area contributed by atoms with E-state index < -0.39 is 12.0 Å². The maximum Gasteiger partial charge on any atom is 0.326 e. The van der Waals surface area contributed by atoms with Gasteiger partial charge in [-0.25, -0.2) is 9.78 Å². The summed E-state index contributed by atoms with van der Waals surface area (Å²) in [6.07, 6.45) is 5.09. The lowest BCUT2D eigenvalue weighted by atomic mass is 9.94. The van der Waals surface area contributed by atoms with Crippen LogP contribution in [0.1, 0.15) is 60.2 Å². The number of carbonyl (C=O) groups excluding carboxylic acids is 1. The van der Waals surface area contributed by atoms with Gasteiger partial charge in [0.05, 0.1) is 5.69 Å². The number of fused-ring (bicyclic) bond motifs is 1. The molecule has 2 aliphatic carbocycles. The number of aromatic nitrogens is 1. The monoisotopic (exact) mass is 304 g/mol. The van der Waals surface area contributed by atoms with Crippen molar-refractivity contribution in [1.82, 2.24) is 9.88 Å². The van der Waals surface area contributed by atoms with Crippen molar-refractivity contribution in [3.8, 4) is 0 Å². The molecule has 1 aromatic heterocycles. The summed E-state index contributed by atoms with van der Waals surface area (Å²) in [4.78, 5) is 30.3. The van der Waals surface area contributed by atoms with Crippen molar-refractivity contribution in [1.29, 1.82) is 0 Å². The molecule has 1 N–H and O–H groups in total. The number of likely N-dealkylation sites (tertiary alicyclic amines) is 1. The van der Waals surface area contributed by atoms with Gasteiger partial charge in [-0.15, -0.1) is 0 Å². The molecule has 0 spiro atoms. The van der Waals surface area contributed by atoms with E-state index in [1.165, 1.54) is 4.90 Å². The lowest BCUT2D eigenvalue weighted by molar-refractivity contribution is -0.142. The van der Waals surface area contributed by atoms with Crippen LogP contribution in [0.2, 0.25) is 0 Å². The molecule has 1 aromatic rings. The molecule has 3 aliphatic rings. The highest BCUT2D eigenvalue weighted by Crippen LogP contribution is 2.44. The minimum absolute atomic E-state index is 0.0904. The summed E-state index contributed by atoms with van der Waals surface area (Å²) in [6.45, 7) is 2.29. The lowest BCUT2D eigenvalue weighted by Gasteiger charge is -2.23. The van der Waals surface area contributed by atoms with E-state index in [-0.39, 0.29) is 17.6 Å². The number of oxazole rings is 1. The van der Waals surface area contributed by atoms with Gasteiger partial charge in [0, 0.05) is 12.5 Å². The van der Waals surface area contributed by atoms with Gasteiger partial charge >= 0.3 is 5.97 Å². The summed E-state index contributed by atoms with van der Waals surface area (Å²) in [6, 6.07) is -0.714. The van der Waals surface area contributed by atoms with Crippen LogP contribution in [0.25, 0.3) is 0 Å². The van der Waals surface area contributed by atoms with Crippen molar-refractivity contribution in [3.05, 3.63) is 17.3 Å². The predicted molar refractivity (Wildman–Crippen MR) is 76.5 cm³/mol. The normalized spacial score (nSPS) is 30.6. The summed E-state index contributed by atoms with van der Waals surface area (Å²) < 4.78 is 5.67. The summed E-state index contributed by atoms with van der Waals surface area (Å²) >= 11 is 0. The number of carboxylic acids is 1. The summed E-state index contributed by atoms with van der Waals surface area (Å²) in [7, 11) is 0. The van der Waals surface area contributed by atoms with Crippen LogP contribution in [-0.2, 0) is 4.79 Å². The predicted octanol–water partition coefficient (Wildman–Crippen LogP) is 2.19. The van der Waals surface area contributed by atoms with Crippen molar-refractivity contribution in [2.24, 2.45) is 11.8 Å². The molecule has 1 aliphatic heterocycles. The molecule has 0 radical (unpaired) electrons. The molecule has 0 aromatic carbocycles. The van der Waals surface area contributed by atoms with Crippen LogP contribution in [0.5, 0.6) is 0 Å². The second-order valence-electron chi connectivity index (χ2n) is 6.84. The van der Waals surface area contributed by atoms with E-state index in [9.17, 15) is 14.7 Å². The van der Waals surface area contributed by atoms with Crippen LogP contribution < -0.4 is 0 Å². The Morgan fingerprint density at radius 1 is 1.27 bits per heavy atom. The van der Waals surface area contributed by atoms with Gasteiger partial charge < -0.3 is 14.4 Å². The molecule has 22 heavy (non-hydrogen) atoms. The van der Waals surface area contributed by atoms with Crippen molar-refractivity contribution in [3.63, 3.8) is 0 Å². The van der Waals surface area contributed by atoms with Gasteiger partial charge in [-0.3, -0.25) is 4.79 Å². The minimum Gasteiger partial charge on any atom is -0.480 e. The number of carboxylic acid groups (broad SMARTS) is 1. The zero-order valence-corrected chi connectivity index (χ0v) is 12.6. The molecule has 4 rings (SSSR count). The molecule has 1 amide bonds. The van der Waals surface area contributed by atoms with Gasteiger partial charge in [0.2, 0.25) is 5.76 Å². The number of aliphatic carboxylic acids is 1. The minimum atomic E-state index is -0.901. The van der Waals surface area contributed by atoms with E-state index in [0.29, 0.717) is 30.0 Å². The van der Waals surface area contributed by atoms with Crippen LogP contribution in [0.4, 0.5) is 0 Å². The first kappa shape index (κ1) is 13.8. The number of aryl methyl sites for hydroxylation is 1. The number of nitrogens with zero attached hydrogens (tertiary/aromatic N) is 2. The Morgan fingerprint density at radius 2 is 2.05 bits per heavy atom. The zero-order valence-electron chi connectivity index (χ0n) is 12.6. The van der Waals surface area contributed by atoms with E-state index in [0.717, 1.165) is 32.1 Å². The molecule has 6 nitrogen and oxygen atoms in total. The Hall–Kier alpha value is -1.85. The second kappa shape index (κ2) is 4.83. The average molecular weight is 304 g/mol. The molecular weight excluding hydrogens is 284 g/mol. The fraction of sp³-hybridized carbons (Fsp3) is 0.688. The van der Waals surface area contributed by atoms with E-state index in [1.807, 2.05) is 0 Å². The Bertz CT molecular complexity index is 634. The molecule has 0 unspecified atom stereocenters. The molecule has 1 saturated heterocycles. The van der Waals surface area contributed by atoms with Crippen molar-refractivity contribution in [2.45, 2.75) is 51.0 Å². The smallest absolute Gasteiger partial charge is 0.326 e. The van der Waals surface area contributed by atoms with Gasteiger partial charge in [-0.05, 0) is 44.4 Å². The van der Waals surface area contributed by atoms with E-state index in [1.54, 1.807) is 6.92 Å². The Labute approximate surface area is 128 Å². The topological polar surface area (TPSA) is 83.6 Å². The van der Waals surface area contributed by atoms with Gasteiger partial charge in [-0.2, -0.15) is 0 Å². The number of carbonyl (C=O) groups is 2. The van der Waals surface area contributed by atoms with E-state index >= 15 is 0 Å². The highest BCUT2D eigenvalue weighted by Gasteiger charge is 2.50. The largest absolute Gasteiger partial charge is 0.480 e. The second-order valence-corrected chi connectivity index (χ2v) is 6.84. The quantitative estimate of drug-likeness (QED) is 0.925. The first-order chi connectivity index (χ1) is 10.6. The van der Waals surface area contributed by atoms with Gasteiger partial charge in [0.15, 0.2) is 5.89 Å². The highest BCUT2D eigenvalue weighted by atomic mass is 16.4. The van der Waals surface area contributed by atoms with Gasteiger partial charge in [-0.1, -0.05) is 6.42 Å². The third kappa shape index (κ3) is 2.04. The third-order valence-electron chi connectivity index (χ3n) is 5.34. The molecule has 2 saturated carbocycles. The average Bonchev–Trinajstić information content (AvgIpc) is 2.92. The number of hydrogen-bond acceptors (Lipinski definition) is 4. The maximum atomic E-state index is 12.8. The molecular formula is C16H20N2O4.